The second kappa shape index (κ2) is 7.45. The van der Waals surface area contributed by atoms with Gasteiger partial charge in [-0.2, -0.15) is 0 Å². The van der Waals surface area contributed by atoms with Gasteiger partial charge < -0.3 is 15.2 Å². The number of aromatic amines is 1. The van der Waals surface area contributed by atoms with E-state index in [9.17, 15) is 9.59 Å². The van der Waals surface area contributed by atoms with Crippen molar-refractivity contribution in [3.8, 4) is 0 Å². The normalized spacial score (nSPS) is 24.0. The summed E-state index contributed by atoms with van der Waals surface area (Å²) in [5, 5.41) is 3.39. The first-order valence-corrected chi connectivity index (χ1v) is 9.35. The van der Waals surface area contributed by atoms with E-state index in [1.807, 2.05) is 27.7 Å². The molecular formula is C19H27ClN4O2. The number of fused-ring (bicyclic) bond motifs is 1. The first kappa shape index (κ1) is 19.0. The number of H-pyrrole nitrogens is 1. The summed E-state index contributed by atoms with van der Waals surface area (Å²) in [4.78, 5) is 30.2. The number of carbonyl (C=O) groups is 1. The van der Waals surface area contributed by atoms with Gasteiger partial charge in [0.1, 0.15) is 0 Å². The molecule has 0 bridgehead atoms. The smallest absolute Gasteiger partial charge is 0.326 e. The van der Waals surface area contributed by atoms with Crippen LogP contribution in [0.15, 0.2) is 23.0 Å². The van der Waals surface area contributed by atoms with E-state index in [1.54, 1.807) is 0 Å². The lowest BCUT2D eigenvalue weighted by Gasteiger charge is -2.38. The highest BCUT2D eigenvalue weighted by Crippen LogP contribution is 2.31. The van der Waals surface area contributed by atoms with Gasteiger partial charge in [-0.05, 0) is 44.9 Å². The molecule has 4 rings (SSSR count). The van der Waals surface area contributed by atoms with E-state index in [2.05, 4.69) is 24.1 Å². The Labute approximate surface area is 159 Å². The van der Waals surface area contributed by atoms with Crippen LogP contribution in [0.2, 0.25) is 0 Å². The third kappa shape index (κ3) is 3.16. The van der Waals surface area contributed by atoms with E-state index in [0.717, 1.165) is 30.4 Å². The van der Waals surface area contributed by atoms with Crippen LogP contribution in [0, 0.1) is 0 Å². The summed E-state index contributed by atoms with van der Waals surface area (Å²) in [7, 11) is 0. The zero-order valence-corrected chi connectivity index (χ0v) is 16.1. The van der Waals surface area contributed by atoms with Crippen LogP contribution >= 0.6 is 12.4 Å². The van der Waals surface area contributed by atoms with Gasteiger partial charge in [0.25, 0.3) is 5.91 Å². The number of hydrogen-bond donors (Lipinski definition) is 2. The minimum absolute atomic E-state index is 0. The molecule has 0 radical (unpaired) electrons. The van der Waals surface area contributed by atoms with Crippen molar-refractivity contribution >= 4 is 29.3 Å². The zero-order valence-electron chi connectivity index (χ0n) is 15.3. The van der Waals surface area contributed by atoms with E-state index in [1.165, 1.54) is 12.8 Å². The van der Waals surface area contributed by atoms with Crippen LogP contribution in [0.25, 0.3) is 11.0 Å². The second-order valence-electron chi connectivity index (χ2n) is 7.45. The highest BCUT2D eigenvalue weighted by molar-refractivity contribution is 5.97. The standard InChI is InChI=1S/C19H26N4O2.ClH/c1-12-13(2)22(10-9-20-12)18(24)14-7-8-17-16(11-14)21-19(25)23(17)15-5-3-4-6-15;/h7-8,11-13,15,20H,3-6,9-10H2,1-2H3,(H,21,25);1H. The lowest BCUT2D eigenvalue weighted by molar-refractivity contribution is 0.0603. The van der Waals surface area contributed by atoms with Gasteiger partial charge in [-0.25, -0.2) is 4.79 Å². The van der Waals surface area contributed by atoms with Crippen molar-refractivity contribution in [3.05, 3.63) is 34.2 Å². The minimum Gasteiger partial charge on any atom is -0.333 e. The predicted octanol–water partition coefficient (Wildman–Crippen LogP) is 2.69. The van der Waals surface area contributed by atoms with E-state index in [-0.39, 0.29) is 42.1 Å². The van der Waals surface area contributed by atoms with Gasteiger partial charge in [0.2, 0.25) is 0 Å². The van der Waals surface area contributed by atoms with E-state index >= 15 is 0 Å². The van der Waals surface area contributed by atoms with Crippen molar-refractivity contribution in [3.63, 3.8) is 0 Å². The highest BCUT2D eigenvalue weighted by atomic mass is 35.5. The average molecular weight is 379 g/mol. The topological polar surface area (TPSA) is 70.1 Å². The lowest BCUT2D eigenvalue weighted by Crippen LogP contribution is -2.57. The van der Waals surface area contributed by atoms with E-state index in [4.69, 9.17) is 0 Å². The van der Waals surface area contributed by atoms with Crippen LogP contribution in [0.4, 0.5) is 0 Å². The molecule has 2 fully saturated rings. The zero-order chi connectivity index (χ0) is 17.6. The molecule has 1 aliphatic carbocycles. The summed E-state index contributed by atoms with van der Waals surface area (Å²) in [6.45, 7) is 5.70. The summed E-state index contributed by atoms with van der Waals surface area (Å²) in [6.07, 6.45) is 4.48. The van der Waals surface area contributed by atoms with Gasteiger partial charge in [0, 0.05) is 36.8 Å². The molecule has 1 saturated carbocycles. The predicted molar refractivity (Wildman–Crippen MR) is 105 cm³/mol. The van der Waals surface area contributed by atoms with Crippen molar-refractivity contribution in [2.75, 3.05) is 13.1 Å². The number of piperazine rings is 1. The van der Waals surface area contributed by atoms with Gasteiger partial charge in [-0.3, -0.25) is 9.36 Å². The van der Waals surface area contributed by atoms with Crippen molar-refractivity contribution < 1.29 is 4.79 Å². The lowest BCUT2D eigenvalue weighted by atomic mass is 10.0. The molecule has 6 nitrogen and oxygen atoms in total. The largest absolute Gasteiger partial charge is 0.333 e. The number of halogens is 1. The molecule has 142 valence electrons. The third-order valence-electron chi connectivity index (χ3n) is 5.95. The van der Waals surface area contributed by atoms with Gasteiger partial charge in [0.05, 0.1) is 11.0 Å². The molecular weight excluding hydrogens is 352 g/mol. The molecule has 1 aromatic heterocycles. The summed E-state index contributed by atoms with van der Waals surface area (Å²) >= 11 is 0. The average Bonchev–Trinajstić information content (AvgIpc) is 3.22. The van der Waals surface area contributed by atoms with Crippen LogP contribution < -0.4 is 11.0 Å². The number of rotatable bonds is 2. The Balaban J connectivity index is 0.00000196. The molecule has 26 heavy (non-hydrogen) atoms. The Kier molecular flexibility index (Phi) is 5.44. The number of carbonyl (C=O) groups excluding carboxylic acids is 1. The Bertz CT molecular complexity index is 853. The molecule has 1 aliphatic heterocycles. The van der Waals surface area contributed by atoms with Crippen LogP contribution in [0.5, 0.6) is 0 Å². The number of amides is 1. The van der Waals surface area contributed by atoms with Gasteiger partial charge in [-0.15, -0.1) is 12.4 Å². The molecule has 2 heterocycles. The Morgan fingerprint density at radius 1 is 1.19 bits per heavy atom. The molecule has 2 aromatic rings. The fourth-order valence-electron chi connectivity index (χ4n) is 4.30. The molecule has 0 spiro atoms. The fourth-order valence-corrected chi connectivity index (χ4v) is 4.30. The maximum atomic E-state index is 12.9. The van der Waals surface area contributed by atoms with Gasteiger partial charge in [0.15, 0.2) is 0 Å². The highest BCUT2D eigenvalue weighted by Gasteiger charge is 2.29. The van der Waals surface area contributed by atoms with Crippen molar-refractivity contribution in [2.24, 2.45) is 0 Å². The van der Waals surface area contributed by atoms with Crippen molar-refractivity contribution in [1.82, 2.24) is 19.8 Å². The minimum atomic E-state index is -0.0596. The first-order valence-electron chi connectivity index (χ1n) is 9.35. The summed E-state index contributed by atoms with van der Waals surface area (Å²) in [6, 6.07) is 6.35. The third-order valence-corrected chi connectivity index (χ3v) is 5.95. The summed E-state index contributed by atoms with van der Waals surface area (Å²) in [5.41, 5.74) is 2.26. The van der Waals surface area contributed by atoms with E-state index in [0.29, 0.717) is 12.1 Å². The Morgan fingerprint density at radius 3 is 2.65 bits per heavy atom. The Hall–Kier alpha value is -1.79. The summed E-state index contributed by atoms with van der Waals surface area (Å²) < 4.78 is 1.88. The maximum absolute atomic E-state index is 12.9. The second-order valence-corrected chi connectivity index (χ2v) is 7.45. The molecule has 1 aromatic carbocycles. The molecule has 1 amide bonds. The number of aromatic nitrogens is 2. The Morgan fingerprint density at radius 2 is 1.92 bits per heavy atom. The first-order chi connectivity index (χ1) is 12.1. The monoisotopic (exact) mass is 378 g/mol. The summed E-state index contributed by atoms with van der Waals surface area (Å²) in [5.74, 6) is 0.0391. The van der Waals surface area contributed by atoms with E-state index < -0.39 is 0 Å². The number of benzene rings is 1. The van der Waals surface area contributed by atoms with Crippen LogP contribution in [-0.2, 0) is 0 Å². The number of imidazole rings is 1. The van der Waals surface area contributed by atoms with Crippen molar-refractivity contribution in [1.29, 1.82) is 0 Å². The number of hydrogen-bond acceptors (Lipinski definition) is 3. The molecule has 2 aliphatic rings. The SMILES string of the molecule is CC1NCCN(C(=O)c2ccc3c(c2)[nH]c(=O)n3C2CCCC2)C1C.Cl. The van der Waals surface area contributed by atoms with Gasteiger partial charge in [-0.1, -0.05) is 12.8 Å². The van der Waals surface area contributed by atoms with Gasteiger partial charge >= 0.3 is 5.69 Å². The fraction of sp³-hybridized carbons (Fsp3) is 0.579. The van der Waals surface area contributed by atoms with Crippen molar-refractivity contribution in [2.45, 2.75) is 57.7 Å². The van der Waals surface area contributed by atoms with Crippen LogP contribution in [0.3, 0.4) is 0 Å². The molecule has 1 saturated heterocycles. The maximum Gasteiger partial charge on any atom is 0.326 e. The molecule has 2 N–H and O–H groups in total. The van der Waals surface area contributed by atoms with Crippen LogP contribution in [-0.4, -0.2) is 45.5 Å². The quantitative estimate of drug-likeness (QED) is 0.844. The number of nitrogens with one attached hydrogen (secondary N) is 2. The number of nitrogens with zero attached hydrogens (tertiary/aromatic N) is 2. The molecule has 2 atom stereocenters. The molecule has 7 heteroatoms. The van der Waals surface area contributed by atoms with Crippen LogP contribution in [0.1, 0.15) is 55.9 Å². The molecule has 2 unspecified atom stereocenters.